The van der Waals surface area contributed by atoms with Crippen LogP contribution in [0.4, 0.5) is 5.69 Å². The Morgan fingerprint density at radius 2 is 1.60 bits per heavy atom. The number of aryl methyl sites for hydroxylation is 2. The number of amides is 1. The second-order valence-electron chi connectivity index (χ2n) is 5.87. The van der Waals surface area contributed by atoms with Gasteiger partial charge in [0.25, 0.3) is 0 Å². The highest BCUT2D eigenvalue weighted by Crippen LogP contribution is 2.27. The van der Waals surface area contributed by atoms with E-state index in [0.29, 0.717) is 30.2 Å². The monoisotopic (exact) mass is 341 g/mol. The van der Waals surface area contributed by atoms with Crippen LogP contribution in [0, 0.1) is 13.8 Å². The van der Waals surface area contributed by atoms with E-state index in [9.17, 15) is 9.59 Å². The second-order valence-corrected chi connectivity index (χ2v) is 5.87. The first-order valence-electron chi connectivity index (χ1n) is 8.13. The van der Waals surface area contributed by atoms with E-state index >= 15 is 0 Å². The van der Waals surface area contributed by atoms with Crippen LogP contribution in [0.1, 0.15) is 35.3 Å². The highest BCUT2D eigenvalue weighted by molar-refractivity contribution is 5.96. The third-order valence-corrected chi connectivity index (χ3v) is 3.69. The lowest BCUT2D eigenvalue weighted by molar-refractivity contribution is -0.114. The summed E-state index contributed by atoms with van der Waals surface area (Å²) in [6.07, 6.45) is 0. The Labute approximate surface area is 148 Å². The number of hydrogen-bond acceptors (Lipinski definition) is 4. The summed E-state index contributed by atoms with van der Waals surface area (Å²) in [5, 5.41) is 2.70. The normalized spacial score (nSPS) is 10.2. The van der Waals surface area contributed by atoms with Crippen molar-refractivity contribution in [2.75, 3.05) is 18.5 Å². The van der Waals surface area contributed by atoms with Gasteiger partial charge in [-0.15, -0.1) is 0 Å². The molecule has 0 aliphatic rings. The Morgan fingerprint density at radius 1 is 0.960 bits per heavy atom. The molecule has 1 amide bonds. The topological polar surface area (TPSA) is 64.6 Å². The summed E-state index contributed by atoms with van der Waals surface area (Å²) in [6, 6.07) is 10.9. The van der Waals surface area contributed by atoms with Gasteiger partial charge in [-0.05, 0) is 50.1 Å². The van der Waals surface area contributed by atoms with Crippen molar-refractivity contribution in [1.82, 2.24) is 0 Å². The molecule has 0 spiro atoms. The molecule has 0 heterocycles. The van der Waals surface area contributed by atoms with E-state index in [1.165, 1.54) is 13.8 Å². The summed E-state index contributed by atoms with van der Waals surface area (Å²) in [6.45, 7) is 7.55. The number of benzene rings is 2. The number of ketones is 1. The summed E-state index contributed by atoms with van der Waals surface area (Å²) < 4.78 is 11.5. The number of ether oxygens (including phenoxy) is 2. The lowest BCUT2D eigenvalue weighted by Crippen LogP contribution is -2.13. The van der Waals surface area contributed by atoms with Crippen LogP contribution in [0.15, 0.2) is 36.4 Å². The van der Waals surface area contributed by atoms with E-state index in [1.807, 2.05) is 32.0 Å². The molecule has 0 aliphatic carbocycles. The van der Waals surface area contributed by atoms with Crippen LogP contribution in [-0.4, -0.2) is 24.9 Å². The molecule has 2 rings (SSSR count). The van der Waals surface area contributed by atoms with Crippen LogP contribution >= 0.6 is 0 Å². The lowest BCUT2D eigenvalue weighted by Gasteiger charge is -2.15. The summed E-state index contributed by atoms with van der Waals surface area (Å²) in [7, 11) is 0. The Bertz CT molecular complexity index is 763. The van der Waals surface area contributed by atoms with Gasteiger partial charge >= 0.3 is 0 Å². The fourth-order valence-corrected chi connectivity index (χ4v) is 2.48. The molecular weight excluding hydrogens is 318 g/mol. The van der Waals surface area contributed by atoms with Gasteiger partial charge in [-0.1, -0.05) is 18.2 Å². The lowest BCUT2D eigenvalue weighted by atomic mass is 10.1. The van der Waals surface area contributed by atoms with Crippen LogP contribution in [0.5, 0.6) is 11.5 Å². The van der Waals surface area contributed by atoms with Crippen LogP contribution in [0.25, 0.3) is 0 Å². The predicted molar refractivity (Wildman–Crippen MR) is 97.7 cm³/mol. The molecule has 132 valence electrons. The van der Waals surface area contributed by atoms with Gasteiger partial charge in [0.2, 0.25) is 5.91 Å². The van der Waals surface area contributed by atoms with E-state index in [2.05, 4.69) is 5.32 Å². The molecule has 0 fully saturated rings. The maximum absolute atomic E-state index is 11.6. The van der Waals surface area contributed by atoms with Gasteiger partial charge in [0.1, 0.15) is 24.7 Å². The highest BCUT2D eigenvalue weighted by atomic mass is 16.5. The zero-order valence-electron chi connectivity index (χ0n) is 15.0. The molecule has 0 aromatic heterocycles. The number of hydrogen-bond donors (Lipinski definition) is 1. The van der Waals surface area contributed by atoms with E-state index in [0.717, 1.165) is 16.9 Å². The molecule has 0 saturated carbocycles. The Hall–Kier alpha value is -2.82. The van der Waals surface area contributed by atoms with Crippen LogP contribution in [0.2, 0.25) is 0 Å². The molecular formula is C20H23NO4. The molecule has 2 aromatic carbocycles. The summed E-state index contributed by atoms with van der Waals surface area (Å²) in [5.74, 6) is 1.04. The maximum atomic E-state index is 11.6. The van der Waals surface area contributed by atoms with Crippen molar-refractivity contribution in [3.8, 4) is 11.5 Å². The molecule has 0 radical (unpaired) electrons. The molecule has 5 nitrogen and oxygen atoms in total. The van der Waals surface area contributed by atoms with Crippen molar-refractivity contribution in [3.05, 3.63) is 53.1 Å². The van der Waals surface area contributed by atoms with Gasteiger partial charge in [0, 0.05) is 12.5 Å². The third-order valence-electron chi connectivity index (χ3n) is 3.69. The second kappa shape index (κ2) is 8.33. The number of carbonyl (C=O) groups is 2. The number of anilines is 1. The number of Topliss-reactive ketones (excluding diaryl/α,β-unsaturated/α-hetero) is 1. The molecule has 0 saturated heterocycles. The van der Waals surface area contributed by atoms with Crippen molar-refractivity contribution in [3.63, 3.8) is 0 Å². The fraction of sp³-hybridized carbons (Fsp3) is 0.300. The van der Waals surface area contributed by atoms with Crippen molar-refractivity contribution < 1.29 is 19.1 Å². The Kier molecular flexibility index (Phi) is 6.17. The number of nitrogens with one attached hydrogen (secondary N) is 1. The number of carbonyl (C=O) groups excluding carboxylic acids is 2. The summed E-state index contributed by atoms with van der Waals surface area (Å²) in [4.78, 5) is 22.9. The highest BCUT2D eigenvalue weighted by Gasteiger charge is 2.10. The molecule has 0 bridgehead atoms. The Balaban J connectivity index is 2.04. The molecule has 2 aromatic rings. The van der Waals surface area contributed by atoms with Crippen LogP contribution in [-0.2, 0) is 4.79 Å². The zero-order valence-corrected chi connectivity index (χ0v) is 15.0. The quantitative estimate of drug-likeness (QED) is 0.612. The van der Waals surface area contributed by atoms with E-state index in [4.69, 9.17) is 9.47 Å². The minimum atomic E-state index is -0.202. The van der Waals surface area contributed by atoms with Gasteiger partial charge in [0.15, 0.2) is 5.78 Å². The molecule has 25 heavy (non-hydrogen) atoms. The van der Waals surface area contributed by atoms with Crippen molar-refractivity contribution in [2.45, 2.75) is 27.7 Å². The maximum Gasteiger partial charge on any atom is 0.221 e. The number of rotatable bonds is 7. The van der Waals surface area contributed by atoms with E-state index in [1.54, 1.807) is 18.2 Å². The smallest absolute Gasteiger partial charge is 0.221 e. The molecule has 1 N–H and O–H groups in total. The van der Waals surface area contributed by atoms with E-state index in [-0.39, 0.29) is 11.7 Å². The van der Waals surface area contributed by atoms with Crippen LogP contribution in [0.3, 0.4) is 0 Å². The largest absolute Gasteiger partial charge is 0.489 e. The van der Waals surface area contributed by atoms with Gasteiger partial charge in [0.05, 0.1) is 5.69 Å². The number of para-hydroxylation sites is 1. The molecule has 0 unspecified atom stereocenters. The summed E-state index contributed by atoms with van der Waals surface area (Å²) in [5.41, 5.74) is 3.19. The first-order valence-corrected chi connectivity index (χ1v) is 8.13. The van der Waals surface area contributed by atoms with Crippen molar-refractivity contribution in [2.24, 2.45) is 0 Å². The SMILES string of the molecule is CC(=O)Nc1ccc(C(C)=O)cc1OCCOc1c(C)cccc1C. The average Bonchev–Trinajstić information content (AvgIpc) is 2.54. The standard InChI is InChI=1S/C20H23NO4/c1-13-6-5-7-14(2)20(13)25-11-10-24-19-12-17(15(3)22)8-9-18(19)21-16(4)23/h5-9,12H,10-11H2,1-4H3,(H,21,23). The molecule has 5 heteroatoms. The zero-order chi connectivity index (χ0) is 18.4. The minimum Gasteiger partial charge on any atom is -0.489 e. The van der Waals surface area contributed by atoms with Crippen LogP contribution < -0.4 is 14.8 Å². The average molecular weight is 341 g/mol. The van der Waals surface area contributed by atoms with Gasteiger partial charge < -0.3 is 14.8 Å². The predicted octanol–water partition coefficient (Wildman–Crippen LogP) is 3.92. The van der Waals surface area contributed by atoms with Gasteiger partial charge in [-0.25, -0.2) is 0 Å². The molecule has 0 aliphatic heterocycles. The Morgan fingerprint density at radius 3 is 2.20 bits per heavy atom. The van der Waals surface area contributed by atoms with Crippen molar-refractivity contribution in [1.29, 1.82) is 0 Å². The van der Waals surface area contributed by atoms with Gasteiger partial charge in [-0.3, -0.25) is 9.59 Å². The van der Waals surface area contributed by atoms with Gasteiger partial charge in [-0.2, -0.15) is 0 Å². The fourth-order valence-electron chi connectivity index (χ4n) is 2.48. The molecule has 0 atom stereocenters. The first-order chi connectivity index (χ1) is 11.9. The van der Waals surface area contributed by atoms with Crippen molar-refractivity contribution >= 4 is 17.4 Å². The summed E-state index contributed by atoms with van der Waals surface area (Å²) >= 11 is 0. The van der Waals surface area contributed by atoms with E-state index < -0.39 is 0 Å². The third kappa shape index (κ3) is 5.08. The first kappa shape index (κ1) is 18.5. The minimum absolute atomic E-state index is 0.0639.